The molecule has 0 saturated carbocycles. The Bertz CT molecular complexity index is 411. The van der Waals surface area contributed by atoms with Crippen LogP contribution in [0, 0.1) is 0 Å². The van der Waals surface area contributed by atoms with Crippen LogP contribution in [0.5, 0.6) is 0 Å². The Labute approximate surface area is 117 Å². The van der Waals surface area contributed by atoms with Crippen LogP contribution in [0.1, 0.15) is 10.4 Å². The summed E-state index contributed by atoms with van der Waals surface area (Å²) in [7, 11) is 0. The highest BCUT2D eigenvalue weighted by atomic mass is 79.9. The minimum atomic E-state index is 0.0686. The number of amides is 1. The maximum Gasteiger partial charge on any atom is 0.254 e. The molecule has 1 aliphatic heterocycles. The fourth-order valence-corrected chi connectivity index (χ4v) is 2.77. The first-order chi connectivity index (χ1) is 8.22. The van der Waals surface area contributed by atoms with Gasteiger partial charge in [0.1, 0.15) is 0 Å². The van der Waals surface area contributed by atoms with Crippen molar-refractivity contribution in [3.8, 4) is 0 Å². The average molecular weight is 363 g/mol. The van der Waals surface area contributed by atoms with Crippen LogP contribution < -0.4 is 0 Å². The monoisotopic (exact) mass is 361 g/mol. The van der Waals surface area contributed by atoms with E-state index in [-0.39, 0.29) is 11.9 Å². The molecule has 0 spiro atoms. The van der Waals surface area contributed by atoms with Crippen LogP contribution in [-0.2, 0) is 4.74 Å². The van der Waals surface area contributed by atoms with Crippen molar-refractivity contribution in [2.24, 2.45) is 0 Å². The summed E-state index contributed by atoms with van der Waals surface area (Å²) in [4.78, 5) is 14.2. The number of carbonyl (C=O) groups is 1. The fourth-order valence-electron chi connectivity index (χ4n) is 1.84. The van der Waals surface area contributed by atoms with Crippen LogP contribution in [0.3, 0.4) is 0 Å². The summed E-state index contributed by atoms with van der Waals surface area (Å²) in [5.41, 5.74) is 0.715. The number of hydrogen-bond donors (Lipinski definition) is 0. The van der Waals surface area contributed by atoms with Crippen molar-refractivity contribution in [1.82, 2.24) is 4.90 Å². The number of carbonyl (C=O) groups excluding carboxylic acids is 1. The van der Waals surface area contributed by atoms with Crippen molar-refractivity contribution in [3.63, 3.8) is 0 Å². The fraction of sp³-hybridized carbons (Fsp3) is 0.417. The molecule has 2 rings (SSSR count). The molecule has 1 unspecified atom stereocenters. The number of ether oxygens (including phenoxy) is 1. The summed E-state index contributed by atoms with van der Waals surface area (Å²) in [5, 5.41) is 0.743. The molecule has 1 amide bonds. The van der Waals surface area contributed by atoms with Crippen molar-refractivity contribution in [3.05, 3.63) is 34.3 Å². The lowest BCUT2D eigenvalue weighted by Crippen LogP contribution is -2.49. The largest absolute Gasteiger partial charge is 0.377 e. The van der Waals surface area contributed by atoms with E-state index in [4.69, 9.17) is 4.74 Å². The molecule has 0 N–H and O–H groups in total. The Morgan fingerprint density at radius 3 is 3.06 bits per heavy atom. The van der Waals surface area contributed by atoms with Crippen molar-refractivity contribution >= 4 is 37.8 Å². The molecule has 1 heterocycles. The van der Waals surface area contributed by atoms with E-state index < -0.39 is 0 Å². The van der Waals surface area contributed by atoms with E-state index in [1.807, 2.05) is 29.2 Å². The van der Waals surface area contributed by atoms with Gasteiger partial charge in [-0.15, -0.1) is 0 Å². The van der Waals surface area contributed by atoms with E-state index in [0.29, 0.717) is 25.3 Å². The molecule has 3 nitrogen and oxygen atoms in total. The molecule has 1 atom stereocenters. The Balaban J connectivity index is 2.18. The highest BCUT2D eigenvalue weighted by Gasteiger charge is 2.27. The number of hydrogen-bond acceptors (Lipinski definition) is 2. The minimum Gasteiger partial charge on any atom is -0.377 e. The minimum absolute atomic E-state index is 0.0686. The Morgan fingerprint density at radius 2 is 2.35 bits per heavy atom. The molecule has 0 aromatic heterocycles. The zero-order chi connectivity index (χ0) is 12.3. The molecule has 1 aliphatic rings. The van der Waals surface area contributed by atoms with Gasteiger partial charge in [0.05, 0.1) is 19.3 Å². The van der Waals surface area contributed by atoms with E-state index in [1.165, 1.54) is 0 Å². The zero-order valence-corrected chi connectivity index (χ0v) is 12.4. The third-order valence-electron chi connectivity index (χ3n) is 2.74. The summed E-state index contributed by atoms with van der Waals surface area (Å²) >= 11 is 6.81. The van der Waals surface area contributed by atoms with Gasteiger partial charge < -0.3 is 9.64 Å². The molecule has 1 aromatic rings. The van der Waals surface area contributed by atoms with Gasteiger partial charge in [0.25, 0.3) is 5.91 Å². The van der Waals surface area contributed by atoms with E-state index in [2.05, 4.69) is 31.9 Å². The SMILES string of the molecule is O=C(c1cccc(Br)c1)N1CCOCC1CBr. The second kappa shape index (κ2) is 5.98. The van der Waals surface area contributed by atoms with Crippen LogP contribution >= 0.6 is 31.9 Å². The Kier molecular flexibility index (Phi) is 4.59. The van der Waals surface area contributed by atoms with Gasteiger partial charge in [-0.2, -0.15) is 0 Å². The van der Waals surface area contributed by atoms with Gasteiger partial charge in [-0.05, 0) is 18.2 Å². The van der Waals surface area contributed by atoms with Crippen molar-refractivity contribution < 1.29 is 9.53 Å². The van der Waals surface area contributed by atoms with Gasteiger partial charge in [-0.25, -0.2) is 0 Å². The maximum absolute atomic E-state index is 12.3. The quantitative estimate of drug-likeness (QED) is 0.757. The molecule has 5 heteroatoms. The predicted molar refractivity (Wildman–Crippen MR) is 73.6 cm³/mol. The molecule has 1 saturated heterocycles. The van der Waals surface area contributed by atoms with Gasteiger partial charge in [-0.1, -0.05) is 37.9 Å². The lowest BCUT2D eigenvalue weighted by Gasteiger charge is -2.34. The lowest BCUT2D eigenvalue weighted by molar-refractivity contribution is 0.00524. The van der Waals surface area contributed by atoms with Gasteiger partial charge in [-0.3, -0.25) is 4.79 Å². The Morgan fingerprint density at radius 1 is 1.53 bits per heavy atom. The van der Waals surface area contributed by atoms with Gasteiger partial charge >= 0.3 is 0 Å². The molecular weight excluding hydrogens is 350 g/mol. The first kappa shape index (κ1) is 13.1. The summed E-state index contributed by atoms with van der Waals surface area (Å²) in [5.74, 6) is 0.0686. The second-order valence-corrected chi connectivity index (χ2v) is 5.46. The normalized spacial score (nSPS) is 20.4. The summed E-state index contributed by atoms with van der Waals surface area (Å²) in [6.07, 6.45) is 0. The topological polar surface area (TPSA) is 29.5 Å². The van der Waals surface area contributed by atoms with Crippen LogP contribution in [-0.4, -0.2) is 41.9 Å². The number of benzene rings is 1. The number of rotatable bonds is 2. The molecule has 17 heavy (non-hydrogen) atoms. The van der Waals surface area contributed by atoms with Gasteiger partial charge in [0.15, 0.2) is 0 Å². The molecule has 1 aromatic carbocycles. The molecule has 0 aliphatic carbocycles. The van der Waals surface area contributed by atoms with E-state index in [9.17, 15) is 4.79 Å². The van der Waals surface area contributed by atoms with Crippen LogP contribution in [0.25, 0.3) is 0 Å². The number of morpholine rings is 1. The number of halogens is 2. The van der Waals surface area contributed by atoms with Crippen LogP contribution in [0.2, 0.25) is 0 Å². The first-order valence-corrected chi connectivity index (χ1v) is 7.34. The van der Waals surface area contributed by atoms with Crippen molar-refractivity contribution in [1.29, 1.82) is 0 Å². The second-order valence-electron chi connectivity index (χ2n) is 3.89. The van der Waals surface area contributed by atoms with E-state index in [0.717, 1.165) is 9.80 Å². The third-order valence-corrected chi connectivity index (χ3v) is 3.98. The molecular formula is C12H13Br2NO2. The summed E-state index contributed by atoms with van der Waals surface area (Å²) < 4.78 is 6.30. The third kappa shape index (κ3) is 3.09. The standard InChI is InChI=1S/C12H13Br2NO2/c13-7-11-8-17-5-4-15(11)12(16)9-2-1-3-10(14)6-9/h1-3,6,11H,4-5,7-8H2. The molecule has 92 valence electrons. The van der Waals surface area contributed by atoms with Gasteiger partial charge in [0.2, 0.25) is 0 Å². The number of alkyl halides is 1. The van der Waals surface area contributed by atoms with Crippen molar-refractivity contribution in [2.75, 3.05) is 25.1 Å². The van der Waals surface area contributed by atoms with E-state index in [1.54, 1.807) is 0 Å². The average Bonchev–Trinajstić information content (AvgIpc) is 2.38. The van der Waals surface area contributed by atoms with E-state index >= 15 is 0 Å². The zero-order valence-electron chi connectivity index (χ0n) is 9.23. The molecule has 0 bridgehead atoms. The number of nitrogens with zero attached hydrogens (tertiary/aromatic N) is 1. The smallest absolute Gasteiger partial charge is 0.254 e. The Hall–Kier alpha value is -0.390. The summed E-state index contributed by atoms with van der Waals surface area (Å²) in [6.45, 7) is 1.87. The maximum atomic E-state index is 12.3. The van der Waals surface area contributed by atoms with Crippen LogP contribution in [0.4, 0.5) is 0 Å². The molecule has 0 radical (unpaired) electrons. The summed E-state index contributed by atoms with van der Waals surface area (Å²) in [6, 6.07) is 7.60. The van der Waals surface area contributed by atoms with Gasteiger partial charge in [0, 0.05) is 21.9 Å². The van der Waals surface area contributed by atoms with Crippen molar-refractivity contribution in [2.45, 2.75) is 6.04 Å². The first-order valence-electron chi connectivity index (χ1n) is 5.42. The highest BCUT2D eigenvalue weighted by molar-refractivity contribution is 9.10. The predicted octanol–water partition coefficient (Wildman–Crippen LogP) is 2.69. The highest BCUT2D eigenvalue weighted by Crippen LogP contribution is 2.17. The molecule has 1 fully saturated rings. The van der Waals surface area contributed by atoms with Crippen LogP contribution in [0.15, 0.2) is 28.7 Å². The lowest BCUT2D eigenvalue weighted by atomic mass is 10.1.